The van der Waals surface area contributed by atoms with Gasteiger partial charge < -0.3 is 9.84 Å². The Bertz CT molecular complexity index is 1530. The summed E-state index contributed by atoms with van der Waals surface area (Å²) in [5, 5.41) is 28.0. The van der Waals surface area contributed by atoms with Crippen LogP contribution >= 0.6 is 0 Å². The second kappa shape index (κ2) is 9.86. The zero-order chi connectivity index (χ0) is 29.7. The van der Waals surface area contributed by atoms with Crippen LogP contribution in [0, 0.1) is 21.7 Å². The van der Waals surface area contributed by atoms with E-state index in [9.17, 15) is 34.0 Å². The molecule has 3 aromatic rings. The summed E-state index contributed by atoms with van der Waals surface area (Å²) in [6.45, 7) is 4.16. The molecule has 0 saturated carbocycles. The molecule has 0 spiro atoms. The molecule has 2 aromatic carbocycles. The van der Waals surface area contributed by atoms with E-state index in [1.807, 2.05) is 0 Å². The molecule has 1 aliphatic rings. The minimum atomic E-state index is -2.21. The van der Waals surface area contributed by atoms with Gasteiger partial charge >= 0.3 is 18.2 Å². The summed E-state index contributed by atoms with van der Waals surface area (Å²) in [7, 11) is 2.42. The first-order valence-electron chi connectivity index (χ1n) is 12.0. The number of ketones is 1. The van der Waals surface area contributed by atoms with E-state index >= 15 is 4.39 Å². The number of esters is 1. The summed E-state index contributed by atoms with van der Waals surface area (Å²) >= 11 is 0. The van der Waals surface area contributed by atoms with Crippen LogP contribution in [-0.4, -0.2) is 61.5 Å². The third-order valence-electron chi connectivity index (χ3n) is 7.33. The lowest BCUT2D eigenvalue weighted by molar-refractivity contribution is -0.552. The molecule has 1 amide bonds. The van der Waals surface area contributed by atoms with Gasteiger partial charge in [-0.15, -0.1) is 4.48 Å². The summed E-state index contributed by atoms with van der Waals surface area (Å²) in [6, 6.07) is 5.91. The Kier molecular flexibility index (Phi) is 7.01. The number of fused-ring (bicyclic) bond motifs is 1. The van der Waals surface area contributed by atoms with Gasteiger partial charge in [0, 0.05) is 13.1 Å². The average molecular weight is 559 g/mol. The summed E-state index contributed by atoms with van der Waals surface area (Å²) < 4.78 is 33.5. The number of quaternary nitrogens is 1. The topological polar surface area (TPSA) is 155 Å². The van der Waals surface area contributed by atoms with Gasteiger partial charge in [0.15, 0.2) is 11.5 Å². The maximum atomic E-state index is 15.2. The van der Waals surface area contributed by atoms with Gasteiger partial charge in [-0.2, -0.15) is 9.89 Å². The smallest absolute Gasteiger partial charge is 0.465 e. The van der Waals surface area contributed by atoms with E-state index in [0.717, 1.165) is 37.7 Å². The Morgan fingerprint density at radius 1 is 1.15 bits per heavy atom. The molecule has 12 nitrogen and oxygen atoms in total. The number of hydrogen-bond acceptors (Lipinski definition) is 8. The minimum absolute atomic E-state index is 0.0466. The highest BCUT2D eigenvalue weighted by atomic mass is 19.1. The second-order valence-corrected chi connectivity index (χ2v) is 10.4. The molecule has 0 saturated heterocycles. The summed E-state index contributed by atoms with van der Waals surface area (Å²) in [6.07, 6.45) is -2.88. The predicted octanol–water partition coefficient (Wildman–Crippen LogP) is 4.03. The third-order valence-corrected chi connectivity index (χ3v) is 7.33. The van der Waals surface area contributed by atoms with Crippen molar-refractivity contribution >= 4 is 23.5 Å². The fraction of sp³-hybridized carbons (Fsp3) is 0.346. The van der Waals surface area contributed by atoms with Crippen molar-refractivity contribution in [1.29, 1.82) is 0 Å². The lowest BCUT2D eigenvalue weighted by Gasteiger charge is -2.45. The number of carbonyl (C=O) groups is 3. The van der Waals surface area contributed by atoms with Gasteiger partial charge in [-0.05, 0) is 44.5 Å². The molecule has 4 unspecified atom stereocenters. The molecule has 0 bridgehead atoms. The number of nitro groups is 1. The van der Waals surface area contributed by atoms with Crippen molar-refractivity contribution in [3.05, 3.63) is 87.0 Å². The van der Waals surface area contributed by atoms with Crippen LogP contribution in [-0.2, 0) is 11.8 Å². The Balaban J connectivity index is 2.32. The van der Waals surface area contributed by atoms with Crippen LogP contribution in [0.1, 0.15) is 64.7 Å². The largest absolute Gasteiger partial charge is 0.524 e. The van der Waals surface area contributed by atoms with E-state index in [-0.39, 0.29) is 11.4 Å². The lowest BCUT2D eigenvalue weighted by atomic mass is 9.78. The van der Waals surface area contributed by atoms with Crippen molar-refractivity contribution in [2.45, 2.75) is 44.3 Å². The van der Waals surface area contributed by atoms with Crippen LogP contribution in [0.15, 0.2) is 42.7 Å². The maximum absolute atomic E-state index is 15.2. The molecule has 14 heteroatoms. The fourth-order valence-corrected chi connectivity index (χ4v) is 5.72. The van der Waals surface area contributed by atoms with Crippen LogP contribution in [0.3, 0.4) is 0 Å². The fourth-order valence-electron chi connectivity index (χ4n) is 5.72. The molecule has 4 atom stereocenters. The van der Waals surface area contributed by atoms with Crippen LogP contribution < -0.4 is 4.48 Å². The molecular formula is C26H26F2N5O7+. The number of ether oxygens (including phenoxy) is 1. The Labute approximate surface area is 226 Å². The molecule has 0 aliphatic carbocycles. The van der Waals surface area contributed by atoms with E-state index in [2.05, 4.69) is 10.1 Å². The van der Waals surface area contributed by atoms with Crippen LogP contribution in [0.2, 0.25) is 0 Å². The zero-order valence-electron chi connectivity index (χ0n) is 22.2. The first kappa shape index (κ1) is 28.4. The standard InChI is InChI=1S/C26H25F2N5O7/c1-26(2,3)33(25(36)37)17-11-15(28)10-16(24(35)40-5)19(17)21(34)20(22-29-12-30-31(22)4)18(23(33)32(38)39)13-6-8-14(27)9-7-13/h6-12,18,20,23H,1-5H3/p+1. The van der Waals surface area contributed by atoms with E-state index < -0.39 is 79.2 Å². The van der Waals surface area contributed by atoms with Gasteiger partial charge in [0.25, 0.3) is 0 Å². The monoisotopic (exact) mass is 558 g/mol. The van der Waals surface area contributed by atoms with Gasteiger partial charge in [-0.25, -0.2) is 18.6 Å². The number of benzene rings is 2. The predicted molar refractivity (Wildman–Crippen MR) is 135 cm³/mol. The number of hydrogen-bond donors (Lipinski definition) is 1. The summed E-state index contributed by atoms with van der Waals surface area (Å²) in [4.78, 5) is 57.3. The van der Waals surface area contributed by atoms with Gasteiger partial charge in [0.2, 0.25) is 0 Å². The van der Waals surface area contributed by atoms with Crippen LogP contribution in [0.25, 0.3) is 0 Å². The number of carbonyl (C=O) groups excluding carboxylic acids is 2. The Morgan fingerprint density at radius 3 is 2.25 bits per heavy atom. The van der Waals surface area contributed by atoms with Crippen LogP contribution in [0.5, 0.6) is 0 Å². The number of rotatable bonds is 4. The normalized spacial score (nSPS) is 22.8. The zero-order valence-corrected chi connectivity index (χ0v) is 22.2. The Morgan fingerprint density at radius 2 is 1.77 bits per heavy atom. The van der Waals surface area contributed by atoms with E-state index in [1.54, 1.807) is 0 Å². The molecule has 1 aromatic heterocycles. The average Bonchev–Trinajstić information content (AvgIpc) is 3.25. The molecule has 0 radical (unpaired) electrons. The van der Waals surface area contributed by atoms with Crippen molar-refractivity contribution in [1.82, 2.24) is 19.2 Å². The van der Waals surface area contributed by atoms with Crippen molar-refractivity contribution in [3.8, 4) is 0 Å². The van der Waals surface area contributed by atoms with E-state index in [4.69, 9.17) is 4.74 Å². The highest BCUT2D eigenvalue weighted by Gasteiger charge is 2.70. The number of halogens is 2. The number of amides is 1. The summed E-state index contributed by atoms with van der Waals surface area (Å²) in [5.41, 5.74) is -3.35. The molecular weight excluding hydrogens is 532 g/mol. The number of Topliss-reactive ketones (excluding diaryl/α,β-unsaturated/α-hetero) is 1. The number of carboxylic acid groups (broad SMARTS) is 1. The highest BCUT2D eigenvalue weighted by molar-refractivity contribution is 6.14. The van der Waals surface area contributed by atoms with Crippen LogP contribution in [0.4, 0.5) is 19.3 Å². The second-order valence-electron chi connectivity index (χ2n) is 10.4. The SMILES string of the molecule is COC(=O)c1cc(F)cc2c1C(=O)C(c1ncnn1C)C(c1ccc(F)cc1)C([N+](=O)[O-])[N+]2(C(=O)O)C(C)(C)C. The molecule has 2 heterocycles. The van der Waals surface area contributed by atoms with Gasteiger partial charge in [-0.3, -0.25) is 19.6 Å². The number of nitrogens with zero attached hydrogens (tertiary/aromatic N) is 5. The van der Waals surface area contributed by atoms with Crippen molar-refractivity contribution in [2.75, 3.05) is 7.11 Å². The van der Waals surface area contributed by atoms with Crippen molar-refractivity contribution < 1.29 is 37.9 Å². The first-order valence-corrected chi connectivity index (χ1v) is 12.0. The highest BCUT2D eigenvalue weighted by Crippen LogP contribution is 2.53. The third kappa shape index (κ3) is 4.11. The number of aromatic nitrogens is 3. The van der Waals surface area contributed by atoms with E-state index in [0.29, 0.717) is 0 Å². The lowest BCUT2D eigenvalue weighted by Crippen LogP contribution is -2.73. The molecule has 1 aliphatic heterocycles. The quantitative estimate of drug-likeness (QED) is 0.216. The molecule has 210 valence electrons. The van der Waals surface area contributed by atoms with E-state index in [1.165, 1.54) is 44.6 Å². The molecule has 1 N–H and O–H groups in total. The molecule has 4 rings (SSSR count). The first-order chi connectivity index (χ1) is 18.7. The van der Waals surface area contributed by atoms with Gasteiger partial charge in [-0.1, -0.05) is 12.1 Å². The number of methoxy groups -OCH3 is 1. The van der Waals surface area contributed by atoms with Crippen molar-refractivity contribution in [3.63, 3.8) is 0 Å². The maximum Gasteiger partial charge on any atom is 0.524 e. The minimum Gasteiger partial charge on any atom is -0.465 e. The summed E-state index contributed by atoms with van der Waals surface area (Å²) in [5.74, 6) is -7.20. The van der Waals surface area contributed by atoms with Crippen molar-refractivity contribution in [2.24, 2.45) is 7.05 Å². The van der Waals surface area contributed by atoms with Gasteiger partial charge in [0.1, 0.15) is 41.2 Å². The van der Waals surface area contributed by atoms with Gasteiger partial charge in [0.05, 0.1) is 23.2 Å². The number of aryl methyl sites for hydroxylation is 1. The molecule has 40 heavy (non-hydrogen) atoms. The Hall–Kier alpha value is -4.59. The molecule has 0 fully saturated rings.